The van der Waals surface area contributed by atoms with Crippen LogP contribution in [0.1, 0.15) is 23.1 Å². The van der Waals surface area contributed by atoms with Crippen LogP contribution in [0.2, 0.25) is 0 Å². The summed E-state index contributed by atoms with van der Waals surface area (Å²) in [7, 11) is 0. The van der Waals surface area contributed by atoms with Crippen molar-refractivity contribution in [1.82, 2.24) is 4.98 Å². The van der Waals surface area contributed by atoms with Crippen LogP contribution in [0.15, 0.2) is 6.20 Å². The highest BCUT2D eigenvalue weighted by Gasteiger charge is 2.38. The minimum Gasteiger partial charge on any atom is -0.248 e. The molecule has 2 nitrogen and oxygen atoms in total. The van der Waals surface area contributed by atoms with Crippen LogP contribution in [-0.4, -0.2) is 4.98 Å². The van der Waals surface area contributed by atoms with E-state index in [4.69, 9.17) is 5.26 Å². The average molecular weight is 348 g/mol. The van der Waals surface area contributed by atoms with Crippen LogP contribution in [0, 0.1) is 15.0 Å². The van der Waals surface area contributed by atoms with Gasteiger partial charge in [0.2, 0.25) is 0 Å². The molecular weight excluding hydrogens is 346 g/mol. The number of aromatic nitrogens is 1. The summed E-state index contributed by atoms with van der Waals surface area (Å²) < 4.78 is 61.9. The van der Waals surface area contributed by atoms with Crippen molar-refractivity contribution < 1.29 is 22.0 Å². The second-order valence-electron chi connectivity index (χ2n) is 2.66. The first-order chi connectivity index (χ1) is 7.29. The third-order valence-electron chi connectivity index (χ3n) is 1.71. The van der Waals surface area contributed by atoms with E-state index in [-0.39, 0.29) is 3.70 Å². The lowest BCUT2D eigenvalue weighted by molar-refractivity contribution is -0.139. The largest absolute Gasteiger partial charge is 0.418 e. The van der Waals surface area contributed by atoms with Gasteiger partial charge in [0.15, 0.2) is 0 Å². The number of nitriles is 1. The predicted molar refractivity (Wildman–Crippen MR) is 51.6 cm³/mol. The van der Waals surface area contributed by atoms with Crippen LogP contribution < -0.4 is 0 Å². The van der Waals surface area contributed by atoms with E-state index < -0.39 is 29.3 Å². The van der Waals surface area contributed by atoms with Gasteiger partial charge in [0.1, 0.15) is 9.77 Å². The Kier molecular flexibility index (Phi) is 3.67. The molecule has 0 unspecified atom stereocenters. The van der Waals surface area contributed by atoms with Gasteiger partial charge < -0.3 is 0 Å². The van der Waals surface area contributed by atoms with Crippen molar-refractivity contribution in [3.05, 3.63) is 26.6 Å². The second kappa shape index (κ2) is 4.48. The van der Waals surface area contributed by atoms with Gasteiger partial charge >= 0.3 is 6.18 Å². The summed E-state index contributed by atoms with van der Waals surface area (Å²) in [5.74, 6) is 0. The summed E-state index contributed by atoms with van der Waals surface area (Å²) in [6, 6.07) is 1.31. The van der Waals surface area contributed by atoms with Crippen LogP contribution in [0.5, 0.6) is 0 Å². The molecule has 0 spiro atoms. The van der Waals surface area contributed by atoms with Crippen LogP contribution in [0.4, 0.5) is 22.0 Å². The lowest BCUT2D eigenvalue weighted by Gasteiger charge is -2.13. The molecule has 0 saturated heterocycles. The predicted octanol–water partition coefficient (Wildman–Crippen LogP) is 3.51. The molecule has 0 aliphatic rings. The molecule has 0 aliphatic carbocycles. The minimum atomic E-state index is -4.95. The highest BCUT2D eigenvalue weighted by molar-refractivity contribution is 14.1. The van der Waals surface area contributed by atoms with E-state index in [2.05, 4.69) is 4.98 Å². The van der Waals surface area contributed by atoms with E-state index in [0.717, 1.165) is 0 Å². The molecule has 0 atom stereocenters. The van der Waals surface area contributed by atoms with Crippen molar-refractivity contribution in [2.45, 2.75) is 12.6 Å². The van der Waals surface area contributed by atoms with Gasteiger partial charge in [0, 0.05) is 6.20 Å². The minimum absolute atomic E-state index is 0.177. The Morgan fingerprint density at radius 1 is 1.38 bits per heavy atom. The van der Waals surface area contributed by atoms with E-state index in [1.807, 2.05) is 0 Å². The van der Waals surface area contributed by atoms with Crippen molar-refractivity contribution in [2.24, 2.45) is 0 Å². The fourth-order valence-electron chi connectivity index (χ4n) is 1.06. The zero-order valence-corrected chi connectivity index (χ0v) is 9.47. The molecule has 86 valence electrons. The molecule has 0 radical (unpaired) electrons. The highest BCUT2D eigenvalue weighted by Crippen LogP contribution is 2.38. The maximum absolute atomic E-state index is 12.5. The molecule has 0 N–H and O–H groups in total. The maximum atomic E-state index is 12.5. The summed E-state index contributed by atoms with van der Waals surface area (Å²) in [6.07, 6.45) is -8.01. The van der Waals surface area contributed by atoms with Crippen molar-refractivity contribution in [2.75, 3.05) is 0 Å². The van der Waals surface area contributed by atoms with Crippen molar-refractivity contribution in [3.8, 4) is 6.07 Å². The van der Waals surface area contributed by atoms with Crippen LogP contribution in [-0.2, 0) is 6.18 Å². The van der Waals surface area contributed by atoms with Crippen LogP contribution in [0.25, 0.3) is 0 Å². The number of rotatable bonds is 1. The number of hydrogen-bond donors (Lipinski definition) is 0. The fraction of sp³-hybridized carbons (Fsp3) is 0.250. The van der Waals surface area contributed by atoms with Crippen LogP contribution >= 0.6 is 22.6 Å². The van der Waals surface area contributed by atoms with Crippen molar-refractivity contribution in [3.63, 3.8) is 0 Å². The molecule has 0 amide bonds. The third-order valence-corrected chi connectivity index (χ3v) is 2.53. The van der Waals surface area contributed by atoms with Gasteiger partial charge in [-0.2, -0.15) is 18.4 Å². The Morgan fingerprint density at radius 3 is 2.31 bits per heavy atom. The Morgan fingerprint density at radius 2 is 1.94 bits per heavy atom. The van der Waals surface area contributed by atoms with E-state index in [1.165, 1.54) is 28.7 Å². The Hall–Kier alpha value is -0.980. The fourth-order valence-corrected chi connectivity index (χ4v) is 1.61. The summed E-state index contributed by atoms with van der Waals surface area (Å²) in [5.41, 5.74) is -3.61. The molecule has 0 saturated carbocycles. The molecule has 0 bridgehead atoms. The first-order valence-corrected chi connectivity index (χ1v) is 4.80. The monoisotopic (exact) mass is 348 g/mol. The molecule has 0 aliphatic heterocycles. The summed E-state index contributed by atoms with van der Waals surface area (Å²) in [5, 5.41) is 8.54. The van der Waals surface area contributed by atoms with Crippen LogP contribution in [0.3, 0.4) is 0 Å². The number of hydrogen-bond acceptors (Lipinski definition) is 2. The molecule has 1 aromatic heterocycles. The first kappa shape index (κ1) is 13.1. The quantitative estimate of drug-likeness (QED) is 0.443. The molecule has 8 heteroatoms. The number of alkyl halides is 5. The van der Waals surface area contributed by atoms with Crippen molar-refractivity contribution in [1.29, 1.82) is 5.26 Å². The lowest BCUT2D eigenvalue weighted by Crippen LogP contribution is -2.13. The number of nitrogens with zero attached hydrogens (tertiary/aromatic N) is 2. The molecular formula is C8H2F5IN2. The Balaban J connectivity index is 3.60. The summed E-state index contributed by atoms with van der Waals surface area (Å²) in [4.78, 5) is 3.27. The molecule has 1 rings (SSSR count). The summed E-state index contributed by atoms with van der Waals surface area (Å²) >= 11 is 1.43. The topological polar surface area (TPSA) is 36.7 Å². The van der Waals surface area contributed by atoms with Gasteiger partial charge in [-0.15, -0.1) is 0 Å². The molecule has 1 aromatic rings. The molecule has 0 fully saturated rings. The Labute approximate surface area is 100 Å². The molecule has 0 aromatic carbocycles. The first-order valence-electron chi connectivity index (χ1n) is 3.73. The Bertz CT molecular complexity index is 449. The summed E-state index contributed by atoms with van der Waals surface area (Å²) in [6.45, 7) is 0. The van der Waals surface area contributed by atoms with Gasteiger partial charge in [0.25, 0.3) is 6.43 Å². The number of pyridine rings is 1. The standard InChI is InChI=1S/C8H2F5IN2/c9-6(10)5-3(1-15)7(14)16-2-4(5)8(11,12)13/h2,6H. The zero-order chi connectivity index (χ0) is 12.5. The molecule has 16 heavy (non-hydrogen) atoms. The average Bonchev–Trinajstić information content (AvgIpc) is 2.14. The lowest BCUT2D eigenvalue weighted by atomic mass is 10.1. The zero-order valence-electron chi connectivity index (χ0n) is 7.32. The highest BCUT2D eigenvalue weighted by atomic mass is 127. The van der Waals surface area contributed by atoms with Gasteiger partial charge in [0.05, 0.1) is 16.7 Å². The third kappa shape index (κ3) is 2.40. The number of halogens is 6. The molecule has 1 heterocycles. The van der Waals surface area contributed by atoms with Crippen molar-refractivity contribution >= 4 is 22.6 Å². The van der Waals surface area contributed by atoms with Gasteiger partial charge in [-0.1, -0.05) is 0 Å². The normalized spacial score (nSPS) is 11.6. The maximum Gasteiger partial charge on any atom is 0.418 e. The smallest absolute Gasteiger partial charge is 0.248 e. The van der Waals surface area contributed by atoms with E-state index >= 15 is 0 Å². The van der Waals surface area contributed by atoms with E-state index in [9.17, 15) is 22.0 Å². The van der Waals surface area contributed by atoms with E-state index in [0.29, 0.717) is 6.20 Å². The SMILES string of the molecule is N#Cc1c(I)ncc(C(F)(F)F)c1C(F)F. The van der Waals surface area contributed by atoms with Gasteiger partial charge in [-0.25, -0.2) is 13.8 Å². The second-order valence-corrected chi connectivity index (χ2v) is 3.68. The van der Waals surface area contributed by atoms with E-state index in [1.54, 1.807) is 0 Å². The van der Waals surface area contributed by atoms with Gasteiger partial charge in [-0.3, -0.25) is 0 Å². The van der Waals surface area contributed by atoms with Gasteiger partial charge in [-0.05, 0) is 22.6 Å².